The second-order valence-corrected chi connectivity index (χ2v) is 4.89. The zero-order valence-corrected chi connectivity index (χ0v) is 9.03. The molecule has 1 atom stereocenters. The average molecular weight is 199 g/mol. The first-order chi connectivity index (χ1) is 6.33. The first-order valence-electron chi connectivity index (χ1n) is 4.90. The zero-order chi connectivity index (χ0) is 9.57. The van der Waals surface area contributed by atoms with Crippen LogP contribution in [0.2, 0.25) is 0 Å². The van der Waals surface area contributed by atoms with E-state index >= 15 is 0 Å². The van der Waals surface area contributed by atoms with Crippen molar-refractivity contribution >= 4 is 11.8 Å². The van der Waals surface area contributed by atoms with Crippen molar-refractivity contribution in [3.63, 3.8) is 0 Å². The molecule has 1 saturated heterocycles. The molecule has 1 aliphatic heterocycles. The lowest BCUT2D eigenvalue weighted by Gasteiger charge is -2.17. The van der Waals surface area contributed by atoms with Crippen molar-refractivity contribution in [3.8, 4) is 6.07 Å². The van der Waals surface area contributed by atoms with Crippen molar-refractivity contribution < 1.29 is 4.74 Å². The molecule has 13 heavy (non-hydrogen) atoms. The Labute approximate surface area is 84.6 Å². The van der Waals surface area contributed by atoms with E-state index in [-0.39, 0.29) is 5.41 Å². The maximum Gasteiger partial charge on any atom is 0.0829 e. The summed E-state index contributed by atoms with van der Waals surface area (Å²) in [5, 5.41) is 9.04. The third-order valence-corrected chi connectivity index (χ3v) is 3.47. The van der Waals surface area contributed by atoms with Gasteiger partial charge in [-0.1, -0.05) is 6.92 Å². The van der Waals surface area contributed by atoms with Crippen molar-refractivity contribution in [1.82, 2.24) is 0 Å². The summed E-state index contributed by atoms with van der Waals surface area (Å²) in [5.41, 5.74) is -0.145. The Morgan fingerprint density at radius 1 is 1.62 bits per heavy atom. The fourth-order valence-corrected chi connectivity index (χ4v) is 2.24. The molecule has 2 nitrogen and oxygen atoms in total. The van der Waals surface area contributed by atoms with E-state index in [2.05, 4.69) is 13.0 Å². The number of nitriles is 1. The van der Waals surface area contributed by atoms with E-state index in [1.165, 1.54) is 11.5 Å². The van der Waals surface area contributed by atoms with E-state index in [1.807, 2.05) is 11.8 Å². The Morgan fingerprint density at radius 2 is 2.46 bits per heavy atom. The third-order valence-electron chi connectivity index (χ3n) is 2.49. The molecule has 0 spiro atoms. The summed E-state index contributed by atoms with van der Waals surface area (Å²) in [4.78, 5) is 0. The van der Waals surface area contributed by atoms with Crippen LogP contribution in [0.15, 0.2) is 0 Å². The molecule has 0 N–H and O–H groups in total. The molecule has 0 radical (unpaired) electrons. The van der Waals surface area contributed by atoms with Crippen LogP contribution in [0.25, 0.3) is 0 Å². The SMILES string of the molecule is CCSCCCC1(C#N)CCOC1. The monoisotopic (exact) mass is 199 g/mol. The molecule has 0 bridgehead atoms. The lowest BCUT2D eigenvalue weighted by Crippen LogP contribution is -2.18. The van der Waals surface area contributed by atoms with Gasteiger partial charge in [0, 0.05) is 6.61 Å². The van der Waals surface area contributed by atoms with Gasteiger partial charge < -0.3 is 4.74 Å². The van der Waals surface area contributed by atoms with Crippen LogP contribution in [0.4, 0.5) is 0 Å². The predicted octanol–water partition coefficient (Wildman–Crippen LogP) is 2.45. The van der Waals surface area contributed by atoms with Crippen LogP contribution in [0.3, 0.4) is 0 Å². The molecule has 0 saturated carbocycles. The van der Waals surface area contributed by atoms with E-state index in [4.69, 9.17) is 10.00 Å². The van der Waals surface area contributed by atoms with Gasteiger partial charge in [-0.3, -0.25) is 0 Å². The van der Waals surface area contributed by atoms with Crippen LogP contribution in [-0.4, -0.2) is 24.7 Å². The largest absolute Gasteiger partial charge is 0.380 e. The molecule has 1 rings (SSSR count). The standard InChI is InChI=1S/C10H17NOS/c1-2-13-7-3-4-10(8-11)5-6-12-9-10/h2-7,9H2,1H3. The minimum atomic E-state index is -0.145. The first-order valence-corrected chi connectivity index (χ1v) is 6.05. The van der Waals surface area contributed by atoms with Gasteiger partial charge in [0.1, 0.15) is 0 Å². The van der Waals surface area contributed by atoms with Gasteiger partial charge in [0.25, 0.3) is 0 Å². The van der Waals surface area contributed by atoms with Crippen LogP contribution in [0.5, 0.6) is 0 Å². The Balaban J connectivity index is 2.21. The second-order valence-electron chi connectivity index (χ2n) is 3.50. The summed E-state index contributed by atoms with van der Waals surface area (Å²) >= 11 is 1.95. The molecular weight excluding hydrogens is 182 g/mol. The van der Waals surface area contributed by atoms with Crippen molar-refractivity contribution in [1.29, 1.82) is 5.26 Å². The van der Waals surface area contributed by atoms with E-state index in [1.54, 1.807) is 0 Å². The molecule has 1 unspecified atom stereocenters. The maximum atomic E-state index is 9.04. The van der Waals surface area contributed by atoms with Gasteiger partial charge >= 0.3 is 0 Å². The highest BCUT2D eigenvalue weighted by atomic mass is 32.2. The van der Waals surface area contributed by atoms with Gasteiger partial charge in [-0.25, -0.2) is 0 Å². The summed E-state index contributed by atoms with van der Waals surface area (Å²) in [5.74, 6) is 2.36. The van der Waals surface area contributed by atoms with Crippen LogP contribution >= 0.6 is 11.8 Å². The molecule has 0 amide bonds. The highest BCUT2D eigenvalue weighted by Gasteiger charge is 2.34. The maximum absolute atomic E-state index is 9.04. The van der Waals surface area contributed by atoms with E-state index in [9.17, 15) is 0 Å². The van der Waals surface area contributed by atoms with Gasteiger partial charge in [0.2, 0.25) is 0 Å². The van der Waals surface area contributed by atoms with Crippen molar-refractivity contribution in [2.45, 2.75) is 26.2 Å². The molecule has 0 aliphatic carbocycles. The van der Waals surface area contributed by atoms with E-state index < -0.39 is 0 Å². The smallest absolute Gasteiger partial charge is 0.0829 e. The summed E-state index contributed by atoms with van der Waals surface area (Å²) in [6, 6.07) is 2.42. The van der Waals surface area contributed by atoms with E-state index in [0.29, 0.717) is 6.61 Å². The summed E-state index contributed by atoms with van der Waals surface area (Å²) in [6.07, 6.45) is 3.09. The lowest BCUT2D eigenvalue weighted by molar-refractivity contribution is 0.168. The zero-order valence-electron chi connectivity index (χ0n) is 8.21. The molecule has 0 aromatic heterocycles. The number of hydrogen-bond donors (Lipinski definition) is 0. The summed E-state index contributed by atoms with van der Waals surface area (Å²) < 4.78 is 5.28. The fraction of sp³-hybridized carbons (Fsp3) is 0.900. The number of rotatable bonds is 5. The molecule has 1 heterocycles. The topological polar surface area (TPSA) is 33.0 Å². The predicted molar refractivity (Wildman–Crippen MR) is 55.7 cm³/mol. The Morgan fingerprint density at radius 3 is 3.00 bits per heavy atom. The van der Waals surface area contributed by atoms with Crippen LogP contribution in [0, 0.1) is 16.7 Å². The van der Waals surface area contributed by atoms with Gasteiger partial charge in [0.15, 0.2) is 0 Å². The van der Waals surface area contributed by atoms with E-state index in [0.717, 1.165) is 25.9 Å². The van der Waals surface area contributed by atoms with Crippen molar-refractivity contribution in [3.05, 3.63) is 0 Å². The molecule has 3 heteroatoms. The van der Waals surface area contributed by atoms with Crippen LogP contribution in [-0.2, 0) is 4.74 Å². The van der Waals surface area contributed by atoms with Crippen LogP contribution in [0.1, 0.15) is 26.2 Å². The van der Waals surface area contributed by atoms with Gasteiger partial charge in [-0.2, -0.15) is 17.0 Å². The number of ether oxygens (including phenoxy) is 1. The van der Waals surface area contributed by atoms with Crippen molar-refractivity contribution in [2.75, 3.05) is 24.7 Å². The molecule has 0 aromatic carbocycles. The van der Waals surface area contributed by atoms with Crippen molar-refractivity contribution in [2.24, 2.45) is 5.41 Å². The Bertz CT molecular complexity index is 182. The van der Waals surface area contributed by atoms with Gasteiger partial charge in [-0.15, -0.1) is 0 Å². The quantitative estimate of drug-likeness (QED) is 0.638. The minimum Gasteiger partial charge on any atom is -0.380 e. The second kappa shape index (κ2) is 5.51. The molecule has 74 valence electrons. The normalized spacial score (nSPS) is 27.4. The highest BCUT2D eigenvalue weighted by molar-refractivity contribution is 7.99. The molecule has 0 aromatic rings. The van der Waals surface area contributed by atoms with Gasteiger partial charge in [-0.05, 0) is 30.8 Å². The first kappa shape index (κ1) is 10.9. The minimum absolute atomic E-state index is 0.145. The summed E-state index contributed by atoms with van der Waals surface area (Å²) in [7, 11) is 0. The van der Waals surface area contributed by atoms with Gasteiger partial charge in [0.05, 0.1) is 18.1 Å². The number of thioether (sulfide) groups is 1. The fourth-order valence-electron chi connectivity index (χ4n) is 1.61. The average Bonchev–Trinajstić information content (AvgIpc) is 2.62. The lowest BCUT2D eigenvalue weighted by atomic mass is 9.84. The molecular formula is C10H17NOS. The Hall–Kier alpha value is -0.200. The highest BCUT2D eigenvalue weighted by Crippen LogP contribution is 2.33. The molecule has 1 fully saturated rings. The summed E-state index contributed by atoms with van der Waals surface area (Å²) in [6.45, 7) is 3.60. The molecule has 1 aliphatic rings. The van der Waals surface area contributed by atoms with Crippen LogP contribution < -0.4 is 0 Å². The third kappa shape index (κ3) is 3.21. The number of nitrogens with zero attached hydrogens (tertiary/aromatic N) is 1. The number of hydrogen-bond acceptors (Lipinski definition) is 3. The Kier molecular flexibility index (Phi) is 4.61.